The maximum atomic E-state index is 15.9. The lowest BCUT2D eigenvalue weighted by Crippen LogP contribution is -2.50. The Hall–Kier alpha value is -8.64. The van der Waals surface area contributed by atoms with Crippen LogP contribution in [0.1, 0.15) is 152 Å². The topological polar surface area (TPSA) is 175 Å². The summed E-state index contributed by atoms with van der Waals surface area (Å²) in [5, 5.41) is 8.24. The standard InChI is InChI=1S/C30H21BrF11NO2.C19H17ClFNO2.C19H18FNO3.C10H7BrF7N.Cl2OS/c1-15-5-9-17(10-6-15)26(45)43(14-16-7-8-16)23-4-2-3-19(25(23)32)24(44)13-20-21(28(34,35)36)11-18(12-22(20)31)27(33,29(37,38)39)30(40,41)42;1-12-5-9-14(10-6-12)19(24)22(11-13-7-8-13)16-4-2-3-15(17(16)21)18(20)23;1-12-5-9-14(10-6-12)18(22)21(11-13-7-8-13)16-4-2-3-15(17(16)20)19(23)24;1-8(12,10(16,17)18)4-2-5(9(13,14)15)7(19)6(11)3-4;1-4(2)3/h2-6,9-12,16H,7-8,13-14H2,1H3;2-6,9-10,13H,7-8,11H2,1H3;2-6,9-10,13H,7-8,11H2,1H3,(H,23,24);2-3H,19H2,1H3;. The molecule has 1 unspecified atom stereocenters. The van der Waals surface area contributed by atoms with Crippen molar-refractivity contribution in [2.75, 3.05) is 40.1 Å². The molecule has 0 saturated heterocycles. The highest BCUT2D eigenvalue weighted by Crippen LogP contribution is 2.55. The lowest BCUT2D eigenvalue weighted by molar-refractivity contribution is -0.348. The Morgan fingerprint density at radius 1 is 0.466 bits per heavy atom. The van der Waals surface area contributed by atoms with Crippen molar-refractivity contribution in [3.63, 3.8) is 0 Å². The summed E-state index contributed by atoms with van der Waals surface area (Å²) in [5.41, 5.74) is -11.8. The summed E-state index contributed by atoms with van der Waals surface area (Å²) < 4.78 is 278. The fourth-order valence-corrected chi connectivity index (χ4v) is 12.3. The Morgan fingerprint density at radius 3 is 1.09 bits per heavy atom. The molecule has 8 aromatic carbocycles. The molecule has 38 heteroatoms. The molecule has 3 N–H and O–H groups in total. The van der Waals surface area contributed by atoms with Crippen LogP contribution in [-0.4, -0.2) is 82.2 Å². The molecule has 3 aliphatic carbocycles. The van der Waals surface area contributed by atoms with Crippen LogP contribution in [0.2, 0.25) is 0 Å². The minimum atomic E-state index is -6.70. The highest BCUT2D eigenvalue weighted by atomic mass is 79.9. The Morgan fingerprint density at radius 2 is 0.776 bits per heavy atom. The number of halogens is 25. The van der Waals surface area contributed by atoms with Gasteiger partial charge in [-0.15, -0.1) is 0 Å². The van der Waals surface area contributed by atoms with Crippen molar-refractivity contribution in [1.29, 1.82) is 0 Å². The van der Waals surface area contributed by atoms with Crippen LogP contribution in [0.25, 0.3) is 0 Å². The molecule has 3 fully saturated rings. The van der Waals surface area contributed by atoms with E-state index in [-0.39, 0.29) is 71.5 Å². The van der Waals surface area contributed by atoms with E-state index in [4.69, 9.17) is 26.7 Å². The first-order valence-electron chi connectivity index (χ1n) is 34.0. The van der Waals surface area contributed by atoms with E-state index in [2.05, 4.69) is 53.2 Å². The van der Waals surface area contributed by atoms with Crippen LogP contribution in [0.4, 0.5) is 111 Å². The van der Waals surface area contributed by atoms with Crippen LogP contribution < -0.4 is 20.4 Å². The first-order chi connectivity index (χ1) is 53.6. The van der Waals surface area contributed by atoms with E-state index in [0.717, 1.165) is 66.2 Å². The summed E-state index contributed by atoms with van der Waals surface area (Å²) in [6, 6.07) is 32.1. The summed E-state index contributed by atoms with van der Waals surface area (Å²) >= 11 is 10.5. The predicted molar refractivity (Wildman–Crippen MR) is 403 cm³/mol. The maximum absolute atomic E-state index is 15.9. The van der Waals surface area contributed by atoms with E-state index in [0.29, 0.717) is 42.1 Å². The number of hydrogen-bond acceptors (Lipinski definition) is 8. The molecule has 8 aromatic rings. The number of anilines is 4. The van der Waals surface area contributed by atoms with E-state index in [1.165, 1.54) is 70.5 Å². The third-order valence-electron chi connectivity index (χ3n) is 18.1. The highest BCUT2D eigenvalue weighted by Gasteiger charge is 2.74. The number of nitrogens with zero attached hydrogens (tertiary/aromatic N) is 3. The molecule has 0 bridgehead atoms. The summed E-state index contributed by atoms with van der Waals surface area (Å²) in [4.78, 5) is 78.7. The van der Waals surface area contributed by atoms with Crippen molar-refractivity contribution in [3.05, 3.63) is 256 Å². The lowest BCUT2D eigenvalue weighted by Gasteiger charge is -2.31. The zero-order chi connectivity index (χ0) is 87.0. The van der Waals surface area contributed by atoms with Gasteiger partial charge in [0.1, 0.15) is 0 Å². The second kappa shape index (κ2) is 38.0. The number of rotatable bonds is 19. The van der Waals surface area contributed by atoms with Crippen molar-refractivity contribution in [2.45, 2.75) is 115 Å². The molecular weight excluding hydrogens is 1800 g/mol. The Kier molecular flexibility index (Phi) is 30.9. The van der Waals surface area contributed by atoms with Crippen LogP contribution >= 0.6 is 64.8 Å². The van der Waals surface area contributed by atoms with Gasteiger partial charge in [-0.05, 0) is 220 Å². The van der Waals surface area contributed by atoms with Gasteiger partial charge in [-0.2, -0.15) is 65.9 Å². The minimum absolute atomic E-state index is 0.0207. The Balaban J connectivity index is 0.000000223. The molecule has 11 rings (SSSR count). The largest absolute Gasteiger partial charge is 0.478 e. The molecule has 0 aliphatic heterocycles. The van der Waals surface area contributed by atoms with Gasteiger partial charge in [0.15, 0.2) is 23.2 Å². The molecule has 1 atom stereocenters. The zero-order valence-electron chi connectivity index (χ0n) is 60.3. The van der Waals surface area contributed by atoms with E-state index in [1.54, 1.807) is 43.3 Å². The number of amides is 3. The number of carbonyl (C=O) groups excluding carboxylic acids is 5. The van der Waals surface area contributed by atoms with Crippen molar-refractivity contribution in [2.24, 2.45) is 17.8 Å². The predicted octanol–water partition coefficient (Wildman–Crippen LogP) is 24.0. The molecule has 0 spiro atoms. The van der Waals surface area contributed by atoms with E-state index >= 15 is 4.39 Å². The summed E-state index contributed by atoms with van der Waals surface area (Å²) in [6.45, 7) is 6.68. The SMILES string of the molecule is CC(F)(c1cc(Br)c(N)c(C(F)(F)F)c1)C(F)(F)F.Cc1ccc(C(=O)N(CC2CC2)c2cccc(C(=O)Cc3c(Br)cc(C(F)(C(F)(F)F)C(F)(F)F)cc3C(F)(F)F)c2F)cc1.Cc1ccc(C(=O)N(CC2CC2)c2cccc(C(=O)Cl)c2F)cc1.Cc1ccc(C(=O)N(CC2CC2)c2cccc(C(=O)O)c2F)cc1.O=S(Cl)Cl. The number of nitrogens with two attached hydrogens (primary N) is 1. The van der Waals surface area contributed by atoms with Crippen molar-refractivity contribution in [3.8, 4) is 0 Å². The molecule has 3 aliphatic rings. The molecule has 0 aromatic heterocycles. The van der Waals surface area contributed by atoms with Gasteiger partial charge in [0, 0.05) is 78.6 Å². The van der Waals surface area contributed by atoms with Crippen LogP contribution in [0, 0.1) is 56.0 Å². The molecule has 0 radical (unpaired) electrons. The summed E-state index contributed by atoms with van der Waals surface area (Å²) in [6.07, 6.45) is -25.2. The van der Waals surface area contributed by atoms with Gasteiger partial charge in [-0.3, -0.25) is 24.0 Å². The van der Waals surface area contributed by atoms with Crippen molar-refractivity contribution >= 4 is 132 Å². The van der Waals surface area contributed by atoms with Crippen molar-refractivity contribution < 1.29 is 126 Å². The van der Waals surface area contributed by atoms with Gasteiger partial charge >= 0.3 is 42.5 Å². The van der Waals surface area contributed by atoms with Crippen LogP contribution in [0.3, 0.4) is 0 Å². The van der Waals surface area contributed by atoms with Gasteiger partial charge in [-0.25, -0.2) is 31.0 Å². The summed E-state index contributed by atoms with van der Waals surface area (Å²) in [7, 11) is 7.36. The van der Waals surface area contributed by atoms with Crippen LogP contribution in [0.15, 0.2) is 161 Å². The van der Waals surface area contributed by atoms with Gasteiger partial charge in [0.2, 0.25) is 14.9 Å². The number of Topliss-reactive ketones (excluding diaryl/α,β-unsaturated/α-hetero) is 1. The van der Waals surface area contributed by atoms with Gasteiger partial charge in [0.05, 0.1) is 50.6 Å². The minimum Gasteiger partial charge on any atom is -0.478 e. The fourth-order valence-electron chi connectivity index (χ4n) is 11.1. The van der Waals surface area contributed by atoms with E-state index in [9.17, 15) is 112 Å². The second-order valence-electron chi connectivity index (χ2n) is 27.0. The second-order valence-corrected chi connectivity index (χ2v) is 31.6. The molecule has 3 saturated carbocycles. The number of ketones is 1. The molecule has 0 heterocycles. The molecular formula is C78H63Br2Cl3F20N4O8S. The van der Waals surface area contributed by atoms with Gasteiger partial charge < -0.3 is 25.5 Å². The van der Waals surface area contributed by atoms with Gasteiger partial charge in [-0.1, -0.05) is 87.2 Å². The number of benzene rings is 8. The average molecular weight is 1860 g/mol. The third-order valence-corrected chi connectivity index (χ3v) is 19.7. The number of carboxylic acids is 1. The smallest absolute Gasteiger partial charge is 0.435 e. The van der Waals surface area contributed by atoms with Crippen molar-refractivity contribution in [1.82, 2.24) is 0 Å². The van der Waals surface area contributed by atoms with E-state index in [1.807, 2.05) is 38.1 Å². The van der Waals surface area contributed by atoms with Gasteiger partial charge in [0.25, 0.3) is 23.0 Å². The monoisotopic (exact) mass is 1860 g/mol. The quantitative estimate of drug-likeness (QED) is 0.0345. The molecule has 116 heavy (non-hydrogen) atoms. The zero-order valence-corrected chi connectivity index (χ0v) is 66.6. The molecule has 12 nitrogen and oxygen atoms in total. The van der Waals surface area contributed by atoms with Crippen LogP contribution in [0.5, 0.6) is 0 Å². The average Bonchev–Trinajstić information content (AvgIpc) is 1.16. The highest BCUT2D eigenvalue weighted by molar-refractivity contribution is 9.11. The Labute approximate surface area is 682 Å². The number of alkyl halides is 17. The summed E-state index contributed by atoms with van der Waals surface area (Å²) in [5.74, 6) is -6.06. The molecule has 624 valence electrons. The number of carboxylic acid groups (broad SMARTS) is 1. The molecule has 3 amide bonds. The number of aryl methyl sites for hydroxylation is 3. The number of aromatic carboxylic acids is 1. The fraction of sp³-hybridized carbons (Fsp3) is 0.308. The Bertz CT molecular complexity index is 4810. The lowest BCUT2D eigenvalue weighted by atomic mass is 9.89. The number of hydrogen-bond donors (Lipinski definition) is 2. The first-order valence-corrected chi connectivity index (χ1v) is 38.8. The maximum Gasteiger partial charge on any atom is 0.435 e. The number of nitrogen functional groups attached to an aromatic ring is 1. The normalized spacial score (nSPS) is 14.2. The third kappa shape index (κ3) is 23.8. The number of carbonyl (C=O) groups is 6. The van der Waals surface area contributed by atoms with E-state index < -0.39 is 158 Å². The van der Waals surface area contributed by atoms with Crippen LogP contribution in [-0.2, 0) is 39.3 Å². The first kappa shape index (κ1) is 94.5.